The van der Waals surface area contributed by atoms with Crippen LogP contribution in [-0.2, 0) is 4.79 Å². The summed E-state index contributed by atoms with van der Waals surface area (Å²) in [4.78, 5) is 20.6. The van der Waals surface area contributed by atoms with Gasteiger partial charge in [0, 0.05) is 11.4 Å². The molecule has 0 bridgehead atoms. The smallest absolute Gasteiger partial charge is 0.259 e. The fourth-order valence-electron chi connectivity index (χ4n) is 4.68. The molecule has 2 aliphatic rings. The molecule has 1 aliphatic heterocycles. The maximum Gasteiger partial charge on any atom is 0.259 e. The van der Waals surface area contributed by atoms with Crippen LogP contribution in [0.15, 0.2) is 36.4 Å². The lowest BCUT2D eigenvalue weighted by Crippen LogP contribution is -2.47. The van der Waals surface area contributed by atoms with Gasteiger partial charge in [0.25, 0.3) is 5.91 Å². The highest BCUT2D eigenvalue weighted by molar-refractivity contribution is 7.81. The summed E-state index contributed by atoms with van der Waals surface area (Å²) in [5.41, 5.74) is 2.50. The minimum Gasteiger partial charge on any atom is -0.303 e. The van der Waals surface area contributed by atoms with E-state index in [2.05, 4.69) is 4.85 Å². The molecule has 1 amide bonds. The van der Waals surface area contributed by atoms with Gasteiger partial charge < -0.3 is 4.90 Å². The number of benzene rings is 2. The normalized spacial score (nSPS) is 18.0. The van der Waals surface area contributed by atoms with Gasteiger partial charge in [0.05, 0.1) is 6.57 Å². The molecule has 4 nitrogen and oxygen atoms in total. The summed E-state index contributed by atoms with van der Waals surface area (Å²) in [6, 6.07) is 10.5. The Morgan fingerprint density at radius 3 is 2.37 bits per heavy atom. The van der Waals surface area contributed by atoms with Gasteiger partial charge >= 0.3 is 0 Å². The van der Waals surface area contributed by atoms with Crippen LogP contribution >= 0.6 is 12.2 Å². The third-order valence-electron chi connectivity index (χ3n) is 6.27. The van der Waals surface area contributed by atoms with Gasteiger partial charge in [-0.25, -0.2) is 9.24 Å². The van der Waals surface area contributed by atoms with E-state index in [1.165, 1.54) is 6.07 Å². The topological polar surface area (TPSA) is 27.9 Å². The summed E-state index contributed by atoms with van der Waals surface area (Å²) < 4.78 is 14.8. The summed E-state index contributed by atoms with van der Waals surface area (Å²) in [5.74, 6) is -0.262. The first kappa shape index (κ1) is 20.5. The molecule has 1 saturated heterocycles. The van der Waals surface area contributed by atoms with Gasteiger partial charge in [0.15, 0.2) is 10.8 Å². The van der Waals surface area contributed by atoms with Crippen molar-refractivity contribution in [3.8, 4) is 0 Å². The number of rotatable bonds is 3. The summed E-state index contributed by atoms with van der Waals surface area (Å²) in [6.07, 6.45) is 3.24. The van der Waals surface area contributed by atoms with E-state index in [-0.39, 0.29) is 17.6 Å². The standard InChI is InChI=1S/C24H24FN3OS/c1-15(2)19-9-7-18(14-20(19)25)28-23(30)27(22(29)24(28)11-5-6-12-24)17-8-10-21(26-4)16(3)13-17/h7-10,13-15H,5-6,11-12H2,1-3H3. The predicted molar refractivity (Wildman–Crippen MR) is 122 cm³/mol. The molecule has 0 atom stereocenters. The highest BCUT2D eigenvalue weighted by atomic mass is 32.1. The van der Waals surface area contributed by atoms with E-state index in [0.29, 0.717) is 40.6 Å². The monoisotopic (exact) mass is 421 g/mol. The Morgan fingerprint density at radius 2 is 1.80 bits per heavy atom. The molecule has 1 spiro atoms. The summed E-state index contributed by atoms with van der Waals surface area (Å²) in [5, 5.41) is 0.369. The molecule has 0 N–H and O–H groups in total. The van der Waals surface area contributed by atoms with Gasteiger partial charge in [-0.3, -0.25) is 9.69 Å². The lowest BCUT2D eigenvalue weighted by atomic mass is 9.94. The largest absolute Gasteiger partial charge is 0.303 e. The van der Waals surface area contributed by atoms with Crippen molar-refractivity contribution in [1.82, 2.24) is 0 Å². The van der Waals surface area contributed by atoms with Crippen molar-refractivity contribution < 1.29 is 9.18 Å². The Morgan fingerprint density at radius 1 is 1.13 bits per heavy atom. The minimum atomic E-state index is -0.769. The van der Waals surface area contributed by atoms with E-state index in [9.17, 15) is 9.18 Å². The number of carbonyl (C=O) groups is 1. The lowest BCUT2D eigenvalue weighted by molar-refractivity contribution is -0.121. The molecule has 2 fully saturated rings. The minimum absolute atomic E-state index is 0.0618. The highest BCUT2D eigenvalue weighted by Crippen LogP contribution is 2.46. The van der Waals surface area contributed by atoms with Gasteiger partial charge in [-0.05, 0) is 73.3 Å². The van der Waals surface area contributed by atoms with E-state index in [1.807, 2.05) is 37.8 Å². The number of carbonyl (C=O) groups excluding carboxylic acids is 1. The average Bonchev–Trinajstić information content (AvgIpc) is 3.26. The number of thiocarbonyl (C=S) groups is 1. The van der Waals surface area contributed by atoms with E-state index in [0.717, 1.165) is 18.4 Å². The lowest BCUT2D eigenvalue weighted by Gasteiger charge is -2.33. The van der Waals surface area contributed by atoms with Crippen molar-refractivity contribution in [2.24, 2.45) is 0 Å². The molecule has 30 heavy (non-hydrogen) atoms. The maximum absolute atomic E-state index is 14.8. The molecular formula is C24H24FN3OS. The molecule has 0 aromatic heterocycles. The second kappa shape index (κ2) is 7.48. The van der Waals surface area contributed by atoms with E-state index >= 15 is 0 Å². The maximum atomic E-state index is 14.8. The van der Waals surface area contributed by atoms with Gasteiger partial charge in [0.1, 0.15) is 11.4 Å². The van der Waals surface area contributed by atoms with Crippen molar-refractivity contribution in [3.63, 3.8) is 0 Å². The van der Waals surface area contributed by atoms with Crippen LogP contribution in [0.25, 0.3) is 4.85 Å². The Labute approximate surface area is 182 Å². The van der Waals surface area contributed by atoms with E-state index in [4.69, 9.17) is 18.8 Å². The number of hydrogen-bond donors (Lipinski definition) is 0. The molecule has 1 saturated carbocycles. The third kappa shape index (κ3) is 3.00. The van der Waals surface area contributed by atoms with Crippen LogP contribution in [0.5, 0.6) is 0 Å². The predicted octanol–water partition coefficient (Wildman–Crippen LogP) is 6.26. The van der Waals surface area contributed by atoms with Gasteiger partial charge in [-0.1, -0.05) is 38.8 Å². The fraction of sp³-hybridized carbons (Fsp3) is 0.375. The molecule has 4 rings (SSSR count). The Balaban J connectivity index is 1.82. The first-order valence-electron chi connectivity index (χ1n) is 10.3. The first-order chi connectivity index (χ1) is 14.3. The SMILES string of the molecule is [C-]#[N+]c1ccc(N2C(=O)C3(CCCC3)N(c3ccc(C(C)C)c(F)c3)C2=S)cc1C. The van der Waals surface area contributed by atoms with Crippen LogP contribution < -0.4 is 9.80 Å². The van der Waals surface area contributed by atoms with Crippen LogP contribution in [0.3, 0.4) is 0 Å². The van der Waals surface area contributed by atoms with Crippen molar-refractivity contribution in [3.05, 3.63) is 64.8 Å². The van der Waals surface area contributed by atoms with Crippen LogP contribution in [-0.4, -0.2) is 16.6 Å². The van der Waals surface area contributed by atoms with Crippen molar-refractivity contribution in [2.75, 3.05) is 9.80 Å². The van der Waals surface area contributed by atoms with Gasteiger partial charge in [-0.2, -0.15) is 0 Å². The Kier molecular flexibility index (Phi) is 5.11. The molecule has 6 heteroatoms. The zero-order valence-corrected chi connectivity index (χ0v) is 18.2. The quantitative estimate of drug-likeness (QED) is 0.432. The number of hydrogen-bond acceptors (Lipinski definition) is 2. The third-order valence-corrected chi connectivity index (χ3v) is 6.63. The van der Waals surface area contributed by atoms with E-state index < -0.39 is 5.54 Å². The number of nitrogens with zero attached hydrogens (tertiary/aromatic N) is 3. The highest BCUT2D eigenvalue weighted by Gasteiger charge is 2.57. The Bertz CT molecular complexity index is 1080. The van der Waals surface area contributed by atoms with Crippen LogP contribution in [0.2, 0.25) is 0 Å². The van der Waals surface area contributed by atoms with Crippen molar-refractivity contribution in [2.45, 2.75) is 57.9 Å². The number of amides is 1. The van der Waals surface area contributed by atoms with E-state index in [1.54, 1.807) is 23.1 Å². The Hall–Kier alpha value is -2.78. The average molecular weight is 422 g/mol. The molecule has 2 aromatic carbocycles. The van der Waals surface area contributed by atoms with Gasteiger partial charge in [0.2, 0.25) is 0 Å². The second-order valence-electron chi connectivity index (χ2n) is 8.44. The second-order valence-corrected chi connectivity index (χ2v) is 8.81. The zero-order chi connectivity index (χ0) is 21.6. The molecule has 0 unspecified atom stereocenters. The molecular weight excluding hydrogens is 397 g/mol. The summed E-state index contributed by atoms with van der Waals surface area (Å²) in [7, 11) is 0. The molecule has 0 radical (unpaired) electrons. The van der Waals surface area contributed by atoms with Crippen LogP contribution in [0.4, 0.5) is 21.5 Å². The zero-order valence-electron chi connectivity index (χ0n) is 17.4. The van der Waals surface area contributed by atoms with Gasteiger partial charge in [-0.15, -0.1) is 0 Å². The number of aryl methyl sites for hydroxylation is 1. The number of anilines is 2. The molecule has 2 aromatic rings. The summed E-state index contributed by atoms with van der Waals surface area (Å²) in [6.45, 7) is 13.0. The fourth-order valence-corrected chi connectivity index (χ4v) is 5.15. The first-order valence-corrected chi connectivity index (χ1v) is 10.7. The number of halogens is 1. The summed E-state index contributed by atoms with van der Waals surface area (Å²) >= 11 is 5.79. The molecule has 1 aliphatic carbocycles. The van der Waals surface area contributed by atoms with Crippen molar-refractivity contribution in [1.29, 1.82) is 0 Å². The molecule has 1 heterocycles. The molecule has 154 valence electrons. The van der Waals surface area contributed by atoms with Crippen LogP contribution in [0, 0.1) is 19.3 Å². The van der Waals surface area contributed by atoms with Crippen molar-refractivity contribution >= 4 is 40.3 Å². The van der Waals surface area contributed by atoms with Crippen LogP contribution in [0.1, 0.15) is 56.6 Å².